The first-order valence-corrected chi connectivity index (χ1v) is 12.0. The number of carbonyl (C=O) groups is 3. The van der Waals surface area contributed by atoms with Gasteiger partial charge in [-0.2, -0.15) is 0 Å². The number of allylic oxidation sites excluding steroid dienone is 2. The minimum Gasteiger partial charge on any atom is -0.481 e. The molecule has 0 radical (unpaired) electrons. The standard InChI is InChI=1S/C26H42O7/c1-7-12-26(6)16-23(32-25(31)11-9-18(3)14-24(29)30)22(33-26)10-8-17(2)13-19(4)21(28)15-20(5)27/h9,11,13,18-19,21-23,28H,7-8,10,12,14-16H2,1-6H3,(H,29,30)/b11-9+,17-13+/t18-,19-,21+,22+,23-,26-/m1/s1. The van der Waals surface area contributed by atoms with Crippen LogP contribution in [0, 0.1) is 11.8 Å². The Hall–Kier alpha value is -1.99. The summed E-state index contributed by atoms with van der Waals surface area (Å²) in [5.41, 5.74) is 0.734. The quantitative estimate of drug-likeness (QED) is 0.218. The van der Waals surface area contributed by atoms with Crippen LogP contribution < -0.4 is 0 Å². The number of carbonyl (C=O) groups excluding carboxylic acids is 2. The van der Waals surface area contributed by atoms with Crippen LogP contribution in [0.4, 0.5) is 0 Å². The average molecular weight is 467 g/mol. The zero-order valence-corrected chi connectivity index (χ0v) is 21.0. The maximum Gasteiger partial charge on any atom is 0.330 e. The smallest absolute Gasteiger partial charge is 0.330 e. The van der Waals surface area contributed by atoms with E-state index in [1.54, 1.807) is 13.0 Å². The van der Waals surface area contributed by atoms with Crippen LogP contribution >= 0.6 is 0 Å². The molecular formula is C26H42O7. The Morgan fingerprint density at radius 2 is 1.88 bits per heavy atom. The number of ketones is 1. The molecule has 1 rings (SSSR count). The molecule has 1 aliphatic heterocycles. The van der Waals surface area contributed by atoms with Crippen LogP contribution in [-0.4, -0.2) is 51.8 Å². The molecule has 1 aliphatic rings. The molecule has 7 nitrogen and oxygen atoms in total. The van der Waals surface area contributed by atoms with E-state index in [4.69, 9.17) is 14.6 Å². The number of esters is 1. The molecule has 188 valence electrons. The molecule has 0 unspecified atom stereocenters. The Bertz CT molecular complexity index is 726. The summed E-state index contributed by atoms with van der Waals surface area (Å²) >= 11 is 0. The van der Waals surface area contributed by atoms with Gasteiger partial charge in [-0.05, 0) is 46.0 Å². The van der Waals surface area contributed by atoms with Crippen LogP contribution in [0.2, 0.25) is 0 Å². The zero-order chi connectivity index (χ0) is 25.2. The summed E-state index contributed by atoms with van der Waals surface area (Å²) in [6, 6.07) is 0. The molecule has 0 aliphatic carbocycles. The van der Waals surface area contributed by atoms with Gasteiger partial charge in [0.1, 0.15) is 11.9 Å². The van der Waals surface area contributed by atoms with Crippen molar-refractivity contribution in [1.82, 2.24) is 0 Å². The molecule has 7 heteroatoms. The first-order chi connectivity index (χ1) is 15.3. The fraction of sp³-hybridized carbons (Fsp3) is 0.731. The number of rotatable bonds is 14. The summed E-state index contributed by atoms with van der Waals surface area (Å²) in [6.45, 7) is 11.2. The molecule has 6 atom stereocenters. The number of aliphatic hydroxyl groups is 1. The second kappa shape index (κ2) is 13.7. The van der Waals surface area contributed by atoms with Gasteiger partial charge in [0.2, 0.25) is 0 Å². The van der Waals surface area contributed by atoms with Crippen molar-refractivity contribution >= 4 is 17.7 Å². The fourth-order valence-corrected chi connectivity index (χ4v) is 4.37. The molecule has 0 spiro atoms. The monoisotopic (exact) mass is 466 g/mol. The van der Waals surface area contributed by atoms with Gasteiger partial charge in [0.05, 0.1) is 24.2 Å². The number of aliphatic carboxylic acids is 1. The summed E-state index contributed by atoms with van der Waals surface area (Å²) in [5.74, 6) is -1.82. The zero-order valence-electron chi connectivity index (χ0n) is 21.0. The Morgan fingerprint density at radius 3 is 2.45 bits per heavy atom. The van der Waals surface area contributed by atoms with Crippen molar-refractivity contribution in [3.63, 3.8) is 0 Å². The summed E-state index contributed by atoms with van der Waals surface area (Å²) in [6.07, 6.45) is 7.49. The van der Waals surface area contributed by atoms with E-state index in [0.29, 0.717) is 12.8 Å². The Morgan fingerprint density at radius 1 is 1.21 bits per heavy atom. The highest BCUT2D eigenvalue weighted by Gasteiger charge is 2.44. The van der Waals surface area contributed by atoms with Gasteiger partial charge in [-0.3, -0.25) is 9.59 Å². The van der Waals surface area contributed by atoms with E-state index in [1.807, 2.05) is 26.8 Å². The Labute approximate surface area is 198 Å². The van der Waals surface area contributed by atoms with Crippen molar-refractivity contribution in [2.24, 2.45) is 11.8 Å². The predicted octanol–water partition coefficient (Wildman–Crippen LogP) is 4.62. The molecule has 33 heavy (non-hydrogen) atoms. The average Bonchev–Trinajstić information content (AvgIpc) is 2.99. The van der Waals surface area contributed by atoms with E-state index in [0.717, 1.165) is 24.8 Å². The number of Topliss-reactive ketones (excluding diaryl/α,β-unsaturated/α-hetero) is 1. The first kappa shape index (κ1) is 29.0. The van der Waals surface area contributed by atoms with Gasteiger partial charge in [-0.15, -0.1) is 0 Å². The van der Waals surface area contributed by atoms with Crippen LogP contribution in [0.25, 0.3) is 0 Å². The second-order valence-electron chi connectivity index (χ2n) is 9.85. The molecule has 1 fully saturated rings. The maximum absolute atomic E-state index is 12.4. The van der Waals surface area contributed by atoms with Crippen molar-refractivity contribution in [3.8, 4) is 0 Å². The van der Waals surface area contributed by atoms with Crippen LogP contribution in [0.15, 0.2) is 23.8 Å². The van der Waals surface area contributed by atoms with Gasteiger partial charge < -0.3 is 19.7 Å². The van der Waals surface area contributed by atoms with Gasteiger partial charge >= 0.3 is 11.9 Å². The Balaban J connectivity index is 2.77. The lowest BCUT2D eigenvalue weighted by Crippen LogP contribution is -2.27. The van der Waals surface area contributed by atoms with E-state index in [-0.39, 0.29) is 48.3 Å². The molecule has 1 heterocycles. The summed E-state index contributed by atoms with van der Waals surface area (Å²) in [5, 5.41) is 19.0. The lowest BCUT2D eigenvalue weighted by atomic mass is 9.93. The second-order valence-corrected chi connectivity index (χ2v) is 9.85. The van der Waals surface area contributed by atoms with E-state index < -0.39 is 18.0 Å². The Kier molecular flexibility index (Phi) is 12.0. The molecule has 0 aromatic heterocycles. The van der Waals surface area contributed by atoms with Crippen LogP contribution in [0.3, 0.4) is 0 Å². The minimum absolute atomic E-state index is 0.0361. The lowest BCUT2D eigenvalue weighted by Gasteiger charge is -2.23. The third-order valence-electron chi connectivity index (χ3n) is 6.06. The highest BCUT2D eigenvalue weighted by Crippen LogP contribution is 2.38. The van der Waals surface area contributed by atoms with Gasteiger partial charge in [-0.1, -0.05) is 44.9 Å². The first-order valence-electron chi connectivity index (χ1n) is 12.0. The number of hydrogen-bond acceptors (Lipinski definition) is 6. The predicted molar refractivity (Wildman–Crippen MR) is 127 cm³/mol. The van der Waals surface area contributed by atoms with Crippen LogP contribution in [-0.2, 0) is 23.9 Å². The van der Waals surface area contributed by atoms with Gasteiger partial charge in [0, 0.05) is 24.8 Å². The van der Waals surface area contributed by atoms with E-state index in [2.05, 4.69) is 6.92 Å². The van der Waals surface area contributed by atoms with Crippen molar-refractivity contribution in [1.29, 1.82) is 0 Å². The third-order valence-corrected chi connectivity index (χ3v) is 6.06. The maximum atomic E-state index is 12.4. The molecule has 1 saturated heterocycles. The van der Waals surface area contributed by atoms with Crippen molar-refractivity contribution in [2.45, 2.75) is 110 Å². The van der Waals surface area contributed by atoms with E-state index in [1.165, 1.54) is 13.0 Å². The molecule has 0 bridgehead atoms. The van der Waals surface area contributed by atoms with Crippen LogP contribution in [0.1, 0.15) is 86.5 Å². The van der Waals surface area contributed by atoms with E-state index in [9.17, 15) is 19.5 Å². The molecule has 0 aromatic carbocycles. The number of hydrogen-bond donors (Lipinski definition) is 2. The number of carboxylic acid groups (broad SMARTS) is 1. The fourth-order valence-electron chi connectivity index (χ4n) is 4.37. The van der Waals surface area contributed by atoms with Crippen molar-refractivity contribution in [3.05, 3.63) is 23.8 Å². The van der Waals surface area contributed by atoms with Gasteiger partial charge in [-0.25, -0.2) is 4.79 Å². The number of ether oxygens (including phenoxy) is 2. The SMILES string of the molecule is CCC[C@]1(C)C[C@@H](OC(=O)/C=C/[C@@H](C)CC(=O)O)[C@H](CC/C(C)=C/[C@@H](C)[C@@H](O)CC(C)=O)O1. The van der Waals surface area contributed by atoms with Crippen molar-refractivity contribution < 1.29 is 34.1 Å². The lowest BCUT2D eigenvalue weighted by molar-refractivity contribution is -0.146. The normalized spacial score (nSPS) is 26.2. The molecular weight excluding hydrogens is 424 g/mol. The summed E-state index contributed by atoms with van der Waals surface area (Å²) < 4.78 is 12.1. The minimum atomic E-state index is -0.910. The number of aliphatic hydroxyl groups excluding tert-OH is 1. The molecule has 0 aromatic rings. The van der Waals surface area contributed by atoms with Gasteiger partial charge in [0.15, 0.2) is 0 Å². The van der Waals surface area contributed by atoms with E-state index >= 15 is 0 Å². The highest BCUT2D eigenvalue weighted by atomic mass is 16.6. The highest BCUT2D eigenvalue weighted by molar-refractivity contribution is 5.82. The molecule has 0 amide bonds. The third kappa shape index (κ3) is 11.1. The van der Waals surface area contributed by atoms with Gasteiger partial charge in [0.25, 0.3) is 0 Å². The van der Waals surface area contributed by atoms with Crippen LogP contribution in [0.5, 0.6) is 0 Å². The topological polar surface area (TPSA) is 110 Å². The van der Waals surface area contributed by atoms with Crippen molar-refractivity contribution in [2.75, 3.05) is 0 Å². The molecule has 0 saturated carbocycles. The summed E-state index contributed by atoms with van der Waals surface area (Å²) in [7, 11) is 0. The molecule has 2 N–H and O–H groups in total. The summed E-state index contributed by atoms with van der Waals surface area (Å²) in [4.78, 5) is 34.4. The number of carboxylic acids is 1. The largest absolute Gasteiger partial charge is 0.481 e.